The van der Waals surface area contributed by atoms with Gasteiger partial charge in [-0.2, -0.15) is 0 Å². The number of carbonyl (C=O) groups is 1. The zero-order chi connectivity index (χ0) is 16.9. The molecule has 1 N–H and O–H groups in total. The van der Waals surface area contributed by atoms with Crippen molar-refractivity contribution in [3.05, 3.63) is 59.9 Å². The van der Waals surface area contributed by atoms with Gasteiger partial charge in [0.15, 0.2) is 5.13 Å². The molecule has 5 heteroatoms. The van der Waals surface area contributed by atoms with E-state index in [1.54, 1.807) is 35.6 Å². The molecule has 3 nitrogen and oxygen atoms in total. The number of rotatable bonds is 6. The Hall–Kier alpha value is -2.53. The Balaban J connectivity index is 2.05. The highest BCUT2D eigenvalue weighted by atomic mass is 32.1. The van der Waals surface area contributed by atoms with E-state index >= 15 is 0 Å². The van der Waals surface area contributed by atoms with E-state index in [1.807, 2.05) is 12.1 Å². The molecule has 3 aromatic rings. The van der Waals surface area contributed by atoms with Gasteiger partial charge in [-0.3, -0.25) is 4.79 Å². The highest BCUT2D eigenvalue weighted by Gasteiger charge is 2.15. The molecule has 24 heavy (non-hydrogen) atoms. The smallest absolute Gasteiger partial charge is 0.183 e. The molecule has 0 amide bonds. The van der Waals surface area contributed by atoms with Crippen LogP contribution in [0.15, 0.2) is 48.5 Å². The number of halogens is 1. The number of anilines is 1. The molecular weight excluding hydrogens is 323 g/mol. The Bertz CT molecular complexity index is 826. The molecule has 0 atom stereocenters. The second-order valence-electron chi connectivity index (χ2n) is 5.37. The standard InChI is InChI=1S/C19H17FN2OS/c1-2-11-21-19-22-17(14-7-9-16(20)10-8-14)18(24-19)15-5-3-13(12-23)4-6-15/h3-10,12H,2,11H2,1H3,(H,21,22). The van der Waals surface area contributed by atoms with Gasteiger partial charge in [-0.1, -0.05) is 42.5 Å². The second kappa shape index (κ2) is 7.36. The lowest BCUT2D eigenvalue weighted by molar-refractivity contribution is 0.112. The third kappa shape index (κ3) is 3.51. The maximum Gasteiger partial charge on any atom is 0.183 e. The Morgan fingerprint density at radius 3 is 2.38 bits per heavy atom. The van der Waals surface area contributed by atoms with Gasteiger partial charge in [-0.25, -0.2) is 9.37 Å². The van der Waals surface area contributed by atoms with Gasteiger partial charge >= 0.3 is 0 Å². The Labute approximate surface area is 144 Å². The van der Waals surface area contributed by atoms with Crippen LogP contribution in [0.25, 0.3) is 21.7 Å². The van der Waals surface area contributed by atoms with Crippen LogP contribution < -0.4 is 5.32 Å². The fourth-order valence-corrected chi connectivity index (χ4v) is 3.36. The summed E-state index contributed by atoms with van der Waals surface area (Å²) in [6.07, 6.45) is 1.83. The second-order valence-corrected chi connectivity index (χ2v) is 6.37. The van der Waals surface area contributed by atoms with Crippen molar-refractivity contribution in [3.8, 4) is 21.7 Å². The number of hydrogen-bond donors (Lipinski definition) is 1. The van der Waals surface area contributed by atoms with E-state index in [0.717, 1.165) is 46.1 Å². The van der Waals surface area contributed by atoms with Gasteiger partial charge < -0.3 is 5.32 Å². The summed E-state index contributed by atoms with van der Waals surface area (Å²) in [5.41, 5.74) is 3.31. The van der Waals surface area contributed by atoms with Crippen LogP contribution in [-0.2, 0) is 0 Å². The molecule has 0 aliphatic rings. The van der Waals surface area contributed by atoms with Crippen molar-refractivity contribution in [3.63, 3.8) is 0 Å². The zero-order valence-electron chi connectivity index (χ0n) is 13.3. The molecule has 0 aliphatic carbocycles. The first kappa shape index (κ1) is 16.3. The highest BCUT2D eigenvalue weighted by molar-refractivity contribution is 7.19. The summed E-state index contributed by atoms with van der Waals surface area (Å²) >= 11 is 1.56. The molecule has 1 heterocycles. The van der Waals surface area contributed by atoms with Gasteiger partial charge in [0.2, 0.25) is 0 Å². The van der Waals surface area contributed by atoms with Crippen LogP contribution in [0.1, 0.15) is 23.7 Å². The molecule has 0 fully saturated rings. The average molecular weight is 340 g/mol. The SMILES string of the molecule is CCCNc1nc(-c2ccc(F)cc2)c(-c2ccc(C=O)cc2)s1. The lowest BCUT2D eigenvalue weighted by Gasteiger charge is -2.03. The van der Waals surface area contributed by atoms with Gasteiger partial charge in [0.05, 0.1) is 10.6 Å². The minimum atomic E-state index is -0.268. The predicted octanol–water partition coefficient (Wildman–Crippen LogP) is 5.25. The fraction of sp³-hybridized carbons (Fsp3) is 0.158. The molecule has 0 saturated carbocycles. The molecule has 0 saturated heterocycles. The molecule has 0 radical (unpaired) electrons. The zero-order valence-corrected chi connectivity index (χ0v) is 14.1. The number of hydrogen-bond acceptors (Lipinski definition) is 4. The number of aromatic nitrogens is 1. The van der Waals surface area contributed by atoms with Crippen molar-refractivity contribution in [2.45, 2.75) is 13.3 Å². The molecule has 0 spiro atoms. The van der Waals surface area contributed by atoms with Gasteiger partial charge in [0.25, 0.3) is 0 Å². The van der Waals surface area contributed by atoms with Crippen LogP contribution in [0, 0.1) is 5.82 Å². The third-order valence-corrected chi connectivity index (χ3v) is 4.64. The summed E-state index contributed by atoms with van der Waals surface area (Å²) < 4.78 is 13.2. The fourth-order valence-electron chi connectivity index (χ4n) is 2.34. The lowest BCUT2D eigenvalue weighted by Crippen LogP contribution is -1.98. The van der Waals surface area contributed by atoms with E-state index in [9.17, 15) is 9.18 Å². The molecular formula is C19H17FN2OS. The van der Waals surface area contributed by atoms with E-state index in [0.29, 0.717) is 5.56 Å². The Kier molecular flexibility index (Phi) is 5.01. The molecule has 0 aliphatic heterocycles. The molecule has 2 aromatic carbocycles. The van der Waals surface area contributed by atoms with Crippen LogP contribution in [0.2, 0.25) is 0 Å². The van der Waals surface area contributed by atoms with Crippen molar-refractivity contribution in [1.82, 2.24) is 4.98 Å². The number of nitrogens with one attached hydrogen (secondary N) is 1. The lowest BCUT2D eigenvalue weighted by atomic mass is 10.1. The van der Waals surface area contributed by atoms with E-state index in [-0.39, 0.29) is 5.82 Å². The number of nitrogens with zero attached hydrogens (tertiary/aromatic N) is 1. The van der Waals surface area contributed by atoms with E-state index in [2.05, 4.69) is 17.2 Å². The maximum atomic E-state index is 13.2. The van der Waals surface area contributed by atoms with Gasteiger partial charge in [0, 0.05) is 17.7 Å². The van der Waals surface area contributed by atoms with Crippen molar-refractivity contribution in [1.29, 1.82) is 0 Å². The molecule has 0 bridgehead atoms. The van der Waals surface area contributed by atoms with Crippen LogP contribution in [0.5, 0.6) is 0 Å². The minimum Gasteiger partial charge on any atom is -0.361 e. The van der Waals surface area contributed by atoms with Gasteiger partial charge in [-0.15, -0.1) is 0 Å². The Morgan fingerprint density at radius 1 is 1.08 bits per heavy atom. The number of benzene rings is 2. The summed E-state index contributed by atoms with van der Waals surface area (Å²) in [4.78, 5) is 16.5. The first-order valence-corrected chi connectivity index (χ1v) is 8.59. The topological polar surface area (TPSA) is 42.0 Å². The van der Waals surface area contributed by atoms with E-state index in [4.69, 9.17) is 0 Å². The summed E-state index contributed by atoms with van der Waals surface area (Å²) in [5.74, 6) is -0.268. The van der Waals surface area contributed by atoms with Crippen LogP contribution >= 0.6 is 11.3 Å². The molecule has 0 unspecified atom stereocenters. The van der Waals surface area contributed by atoms with Crippen molar-refractivity contribution >= 4 is 22.8 Å². The average Bonchev–Trinajstić information content (AvgIpc) is 3.05. The summed E-state index contributed by atoms with van der Waals surface area (Å²) in [6, 6.07) is 13.7. The summed E-state index contributed by atoms with van der Waals surface area (Å²) in [7, 11) is 0. The highest BCUT2D eigenvalue weighted by Crippen LogP contribution is 2.39. The first-order chi connectivity index (χ1) is 11.7. The van der Waals surface area contributed by atoms with Crippen molar-refractivity contribution < 1.29 is 9.18 Å². The van der Waals surface area contributed by atoms with Crippen molar-refractivity contribution in [2.75, 3.05) is 11.9 Å². The third-order valence-electron chi connectivity index (χ3n) is 3.58. The van der Waals surface area contributed by atoms with Gasteiger partial charge in [0.1, 0.15) is 12.1 Å². The molecule has 122 valence electrons. The monoisotopic (exact) mass is 340 g/mol. The summed E-state index contributed by atoms with van der Waals surface area (Å²) in [5, 5.41) is 4.14. The number of carbonyl (C=O) groups excluding carboxylic acids is 1. The number of thiazole rings is 1. The van der Waals surface area contributed by atoms with E-state index in [1.165, 1.54) is 12.1 Å². The number of aldehydes is 1. The summed E-state index contributed by atoms with van der Waals surface area (Å²) in [6.45, 7) is 2.94. The van der Waals surface area contributed by atoms with Crippen LogP contribution in [0.3, 0.4) is 0 Å². The quantitative estimate of drug-likeness (QED) is 0.623. The Morgan fingerprint density at radius 2 is 1.75 bits per heavy atom. The van der Waals surface area contributed by atoms with Gasteiger partial charge in [-0.05, 0) is 36.2 Å². The maximum absolute atomic E-state index is 13.2. The van der Waals surface area contributed by atoms with Crippen LogP contribution in [-0.4, -0.2) is 17.8 Å². The van der Waals surface area contributed by atoms with E-state index < -0.39 is 0 Å². The normalized spacial score (nSPS) is 10.6. The first-order valence-electron chi connectivity index (χ1n) is 7.77. The largest absolute Gasteiger partial charge is 0.361 e. The molecule has 1 aromatic heterocycles. The minimum absolute atomic E-state index is 0.268. The molecule has 3 rings (SSSR count). The van der Waals surface area contributed by atoms with Crippen molar-refractivity contribution in [2.24, 2.45) is 0 Å². The predicted molar refractivity (Wildman–Crippen MR) is 97.1 cm³/mol. The van der Waals surface area contributed by atoms with Crippen LogP contribution in [0.4, 0.5) is 9.52 Å².